The number of carbonyl (C=O) groups excluding carboxylic acids is 1. The van der Waals surface area contributed by atoms with Crippen molar-refractivity contribution in [1.82, 2.24) is 0 Å². The molecular weight excluding hydrogens is 164 g/mol. The minimum atomic E-state index is -1.49. The van der Waals surface area contributed by atoms with E-state index in [4.69, 9.17) is 26.8 Å². The zero-order chi connectivity index (χ0) is 9.72. The molecule has 0 rings (SSSR count). The summed E-state index contributed by atoms with van der Waals surface area (Å²) in [5.41, 5.74) is 10.1. The lowest BCUT2D eigenvalue weighted by Gasteiger charge is -2.23. The Morgan fingerprint density at radius 2 is 1.75 bits per heavy atom. The average molecular weight is 178 g/mol. The fourth-order valence-electron chi connectivity index (χ4n) is 0.675. The highest BCUT2D eigenvalue weighted by molar-refractivity contribution is 5.58. The molecule has 0 aliphatic heterocycles. The van der Waals surface area contributed by atoms with Gasteiger partial charge < -0.3 is 31.6 Å². The normalized spacial score (nSPS) is 21.1. The molecule has 7 N–H and O–H groups in total. The van der Waals surface area contributed by atoms with Gasteiger partial charge in [-0.1, -0.05) is 0 Å². The SMILES string of the molecule is NC[C@@H](O)[C@@H](O)[C@@H](O)[C@@H](N)C=O. The van der Waals surface area contributed by atoms with Crippen LogP contribution in [0.25, 0.3) is 0 Å². The molecule has 0 unspecified atom stereocenters. The van der Waals surface area contributed by atoms with E-state index in [0.29, 0.717) is 0 Å². The van der Waals surface area contributed by atoms with Gasteiger partial charge in [0.05, 0.1) is 12.1 Å². The van der Waals surface area contributed by atoms with Gasteiger partial charge in [-0.2, -0.15) is 0 Å². The molecule has 6 heteroatoms. The first kappa shape index (κ1) is 11.5. The lowest BCUT2D eigenvalue weighted by molar-refractivity contribution is -0.116. The van der Waals surface area contributed by atoms with Crippen LogP contribution >= 0.6 is 0 Å². The molecule has 0 bridgehead atoms. The maximum absolute atomic E-state index is 10.1. The summed E-state index contributed by atoms with van der Waals surface area (Å²) in [5, 5.41) is 27.1. The Labute approximate surface area is 69.8 Å². The second kappa shape index (κ2) is 5.18. The maximum Gasteiger partial charge on any atom is 0.139 e. The quantitative estimate of drug-likeness (QED) is 0.278. The van der Waals surface area contributed by atoms with Crippen molar-refractivity contribution >= 4 is 6.29 Å². The molecule has 12 heavy (non-hydrogen) atoms. The van der Waals surface area contributed by atoms with E-state index in [1.807, 2.05) is 0 Å². The largest absolute Gasteiger partial charge is 0.389 e. The molecule has 0 fully saturated rings. The van der Waals surface area contributed by atoms with Crippen LogP contribution in [0.3, 0.4) is 0 Å². The summed E-state index contributed by atoms with van der Waals surface area (Å²) in [4.78, 5) is 10.1. The van der Waals surface area contributed by atoms with Crippen LogP contribution in [-0.2, 0) is 4.79 Å². The molecule has 0 aromatic heterocycles. The van der Waals surface area contributed by atoms with Gasteiger partial charge in [0.15, 0.2) is 0 Å². The van der Waals surface area contributed by atoms with Crippen molar-refractivity contribution in [2.75, 3.05) is 6.54 Å². The number of aliphatic hydroxyl groups excluding tert-OH is 3. The summed E-state index contributed by atoms with van der Waals surface area (Å²) in [6, 6.07) is -1.21. The van der Waals surface area contributed by atoms with E-state index in [0.717, 1.165) is 0 Å². The van der Waals surface area contributed by atoms with E-state index in [-0.39, 0.29) is 12.8 Å². The first-order valence-electron chi connectivity index (χ1n) is 3.49. The number of rotatable bonds is 5. The first-order chi connectivity index (χ1) is 5.54. The predicted molar refractivity (Wildman–Crippen MR) is 41.1 cm³/mol. The first-order valence-corrected chi connectivity index (χ1v) is 3.49. The zero-order valence-electron chi connectivity index (χ0n) is 6.50. The summed E-state index contributed by atoms with van der Waals surface area (Å²) in [7, 11) is 0. The molecule has 6 nitrogen and oxygen atoms in total. The number of nitrogens with two attached hydrogens (primary N) is 2. The third kappa shape index (κ3) is 2.84. The summed E-state index contributed by atoms with van der Waals surface area (Å²) >= 11 is 0. The van der Waals surface area contributed by atoms with Gasteiger partial charge >= 0.3 is 0 Å². The van der Waals surface area contributed by atoms with E-state index >= 15 is 0 Å². The van der Waals surface area contributed by atoms with Crippen molar-refractivity contribution in [2.45, 2.75) is 24.4 Å². The van der Waals surface area contributed by atoms with Crippen LogP contribution in [0.5, 0.6) is 0 Å². The van der Waals surface area contributed by atoms with E-state index in [9.17, 15) is 4.79 Å². The van der Waals surface area contributed by atoms with Crippen LogP contribution in [0.4, 0.5) is 0 Å². The van der Waals surface area contributed by atoms with Gasteiger partial charge in [-0.15, -0.1) is 0 Å². The van der Waals surface area contributed by atoms with Crippen LogP contribution in [0, 0.1) is 0 Å². The van der Waals surface area contributed by atoms with Crippen LogP contribution in [-0.4, -0.2) is 52.5 Å². The molecule has 0 aliphatic rings. The van der Waals surface area contributed by atoms with Crippen LogP contribution < -0.4 is 11.5 Å². The van der Waals surface area contributed by atoms with Crippen molar-refractivity contribution < 1.29 is 20.1 Å². The molecule has 0 saturated carbocycles. The van der Waals surface area contributed by atoms with Crippen molar-refractivity contribution in [3.05, 3.63) is 0 Å². The van der Waals surface area contributed by atoms with E-state index in [1.165, 1.54) is 0 Å². The Morgan fingerprint density at radius 3 is 2.08 bits per heavy atom. The standard InChI is InChI=1S/C6H14N2O4/c7-1-4(10)6(12)5(11)3(8)2-9/h2-6,10-12H,1,7-8H2/t3-,4+,5-,6+/m0/s1. The smallest absolute Gasteiger partial charge is 0.139 e. The highest BCUT2D eigenvalue weighted by Crippen LogP contribution is 2.01. The van der Waals surface area contributed by atoms with Gasteiger partial charge in [-0.3, -0.25) is 0 Å². The Hall–Kier alpha value is -0.530. The molecule has 0 aliphatic carbocycles. The summed E-state index contributed by atoms with van der Waals surface area (Å²) < 4.78 is 0. The Morgan fingerprint density at radius 1 is 1.25 bits per heavy atom. The van der Waals surface area contributed by atoms with E-state index in [2.05, 4.69) is 0 Å². The highest BCUT2D eigenvalue weighted by atomic mass is 16.4. The summed E-state index contributed by atoms with van der Waals surface area (Å²) in [6.07, 6.45) is -3.96. The second-order valence-corrected chi connectivity index (χ2v) is 2.50. The number of hydrogen-bond acceptors (Lipinski definition) is 6. The number of carbonyl (C=O) groups is 1. The molecule has 0 saturated heterocycles. The number of aliphatic hydroxyl groups is 3. The van der Waals surface area contributed by atoms with Gasteiger partial charge in [0.2, 0.25) is 0 Å². The highest BCUT2D eigenvalue weighted by Gasteiger charge is 2.28. The van der Waals surface area contributed by atoms with Gasteiger partial charge in [-0.25, -0.2) is 0 Å². The third-order valence-electron chi connectivity index (χ3n) is 1.54. The Balaban J connectivity index is 4.07. The maximum atomic E-state index is 10.1. The summed E-state index contributed by atoms with van der Waals surface area (Å²) in [5.74, 6) is 0. The van der Waals surface area contributed by atoms with Gasteiger partial charge in [0.1, 0.15) is 18.5 Å². The van der Waals surface area contributed by atoms with E-state index < -0.39 is 24.4 Å². The van der Waals surface area contributed by atoms with Crippen molar-refractivity contribution in [2.24, 2.45) is 11.5 Å². The van der Waals surface area contributed by atoms with Crippen molar-refractivity contribution in [3.63, 3.8) is 0 Å². The minimum absolute atomic E-state index is 0.205. The Kier molecular flexibility index (Phi) is 4.95. The molecule has 4 atom stereocenters. The number of aldehydes is 1. The van der Waals surface area contributed by atoms with Gasteiger partial charge in [-0.05, 0) is 0 Å². The summed E-state index contributed by atoms with van der Waals surface area (Å²) in [6.45, 7) is -0.205. The van der Waals surface area contributed by atoms with E-state index in [1.54, 1.807) is 0 Å². The van der Waals surface area contributed by atoms with Gasteiger partial charge in [0, 0.05) is 6.54 Å². The minimum Gasteiger partial charge on any atom is -0.389 e. The molecular formula is C6H14N2O4. The van der Waals surface area contributed by atoms with Crippen LogP contribution in [0.1, 0.15) is 0 Å². The fraction of sp³-hybridized carbons (Fsp3) is 0.833. The zero-order valence-corrected chi connectivity index (χ0v) is 6.50. The molecule has 0 aromatic rings. The molecule has 0 aromatic carbocycles. The molecule has 0 heterocycles. The lowest BCUT2D eigenvalue weighted by Crippen LogP contribution is -2.50. The monoisotopic (exact) mass is 178 g/mol. The van der Waals surface area contributed by atoms with Crippen molar-refractivity contribution in [1.29, 1.82) is 0 Å². The van der Waals surface area contributed by atoms with Crippen molar-refractivity contribution in [3.8, 4) is 0 Å². The van der Waals surface area contributed by atoms with Crippen LogP contribution in [0.2, 0.25) is 0 Å². The average Bonchev–Trinajstić information content (AvgIpc) is 2.12. The second-order valence-electron chi connectivity index (χ2n) is 2.50. The van der Waals surface area contributed by atoms with Gasteiger partial charge in [0.25, 0.3) is 0 Å². The molecule has 0 radical (unpaired) electrons. The van der Waals surface area contributed by atoms with Crippen LogP contribution in [0.15, 0.2) is 0 Å². The molecule has 0 amide bonds. The topological polar surface area (TPSA) is 130 Å². The number of hydrogen-bond donors (Lipinski definition) is 5. The predicted octanol–water partition coefficient (Wildman–Crippen LogP) is -3.45. The Bertz CT molecular complexity index is 144. The lowest BCUT2D eigenvalue weighted by atomic mass is 10.0. The third-order valence-corrected chi connectivity index (χ3v) is 1.54. The fourth-order valence-corrected chi connectivity index (χ4v) is 0.675. The molecule has 72 valence electrons. The molecule has 0 spiro atoms.